The largest absolute Gasteiger partial charge is 0.489 e. The van der Waals surface area contributed by atoms with E-state index >= 15 is 0 Å². The number of aromatic nitrogens is 2. The minimum Gasteiger partial charge on any atom is -0.489 e. The highest BCUT2D eigenvalue weighted by Gasteiger charge is 2.04. The van der Waals surface area contributed by atoms with Gasteiger partial charge in [-0.2, -0.15) is 5.10 Å². The van der Waals surface area contributed by atoms with E-state index in [0.29, 0.717) is 6.61 Å². The standard InChI is InChI=1S/C13H14N2O/c1-2-7-16-13-6-4-3-5-12(13)8-11-9-14-15-10-11/h2-6,9-10H,1,7-8H2,(H,14,15). The van der Waals surface area contributed by atoms with Crippen molar-refractivity contribution in [3.63, 3.8) is 0 Å². The van der Waals surface area contributed by atoms with Gasteiger partial charge in [0.1, 0.15) is 12.4 Å². The Morgan fingerprint density at radius 2 is 2.25 bits per heavy atom. The summed E-state index contributed by atoms with van der Waals surface area (Å²) in [4.78, 5) is 0. The maximum Gasteiger partial charge on any atom is 0.123 e. The number of para-hydroxylation sites is 1. The summed E-state index contributed by atoms with van der Waals surface area (Å²) in [6, 6.07) is 8.01. The van der Waals surface area contributed by atoms with Gasteiger partial charge < -0.3 is 4.74 Å². The number of aromatic amines is 1. The fourth-order valence-corrected chi connectivity index (χ4v) is 1.53. The number of rotatable bonds is 5. The number of hydrogen-bond donors (Lipinski definition) is 1. The molecule has 0 amide bonds. The zero-order valence-corrected chi connectivity index (χ0v) is 9.02. The number of hydrogen-bond acceptors (Lipinski definition) is 2. The van der Waals surface area contributed by atoms with E-state index < -0.39 is 0 Å². The minimum absolute atomic E-state index is 0.530. The van der Waals surface area contributed by atoms with E-state index in [1.807, 2.05) is 30.6 Å². The first kappa shape index (κ1) is 10.5. The highest BCUT2D eigenvalue weighted by atomic mass is 16.5. The molecule has 1 N–H and O–H groups in total. The lowest BCUT2D eigenvalue weighted by Gasteiger charge is -2.08. The van der Waals surface area contributed by atoms with Crippen molar-refractivity contribution in [3.05, 3.63) is 60.4 Å². The van der Waals surface area contributed by atoms with Crippen LogP contribution < -0.4 is 4.74 Å². The van der Waals surface area contributed by atoms with Gasteiger partial charge >= 0.3 is 0 Å². The molecule has 0 unspecified atom stereocenters. The number of ether oxygens (including phenoxy) is 1. The number of nitrogens with zero attached hydrogens (tertiary/aromatic N) is 1. The highest BCUT2D eigenvalue weighted by molar-refractivity contribution is 5.36. The molecule has 0 saturated carbocycles. The quantitative estimate of drug-likeness (QED) is 0.777. The Morgan fingerprint density at radius 1 is 1.38 bits per heavy atom. The molecule has 1 aromatic carbocycles. The molecule has 1 heterocycles. The van der Waals surface area contributed by atoms with E-state index in [2.05, 4.69) is 22.8 Å². The third-order valence-corrected chi connectivity index (χ3v) is 2.28. The fourth-order valence-electron chi connectivity index (χ4n) is 1.53. The summed E-state index contributed by atoms with van der Waals surface area (Å²) in [5.41, 5.74) is 2.31. The van der Waals surface area contributed by atoms with E-state index in [0.717, 1.165) is 23.3 Å². The maximum absolute atomic E-state index is 5.59. The average molecular weight is 214 g/mol. The molecule has 2 rings (SSSR count). The predicted octanol–water partition coefficient (Wildman–Crippen LogP) is 2.57. The van der Waals surface area contributed by atoms with Crippen LogP contribution in [0.5, 0.6) is 5.75 Å². The van der Waals surface area contributed by atoms with Crippen molar-refractivity contribution < 1.29 is 4.74 Å². The summed E-state index contributed by atoms with van der Waals surface area (Å²) in [6.07, 6.45) is 6.28. The van der Waals surface area contributed by atoms with E-state index in [1.54, 1.807) is 6.08 Å². The summed E-state index contributed by atoms with van der Waals surface area (Å²) < 4.78 is 5.59. The van der Waals surface area contributed by atoms with Gasteiger partial charge in [0.15, 0.2) is 0 Å². The second-order valence-corrected chi connectivity index (χ2v) is 3.49. The topological polar surface area (TPSA) is 37.9 Å². The van der Waals surface area contributed by atoms with Gasteiger partial charge in [-0.1, -0.05) is 30.9 Å². The van der Waals surface area contributed by atoms with Crippen molar-refractivity contribution in [2.24, 2.45) is 0 Å². The highest BCUT2D eigenvalue weighted by Crippen LogP contribution is 2.20. The van der Waals surface area contributed by atoms with Crippen molar-refractivity contribution >= 4 is 0 Å². The van der Waals surface area contributed by atoms with Crippen molar-refractivity contribution in [2.45, 2.75) is 6.42 Å². The molecule has 0 spiro atoms. The van der Waals surface area contributed by atoms with Crippen LogP contribution in [0.2, 0.25) is 0 Å². The second kappa shape index (κ2) is 5.16. The molecule has 0 aliphatic rings. The van der Waals surface area contributed by atoms with Crippen molar-refractivity contribution in [2.75, 3.05) is 6.61 Å². The summed E-state index contributed by atoms with van der Waals surface area (Å²) in [5, 5.41) is 6.73. The molecule has 0 radical (unpaired) electrons. The Hall–Kier alpha value is -2.03. The van der Waals surface area contributed by atoms with Crippen LogP contribution in [0, 0.1) is 0 Å². The van der Waals surface area contributed by atoms with Gasteiger partial charge in [-0.05, 0) is 17.2 Å². The molecule has 0 saturated heterocycles. The van der Waals surface area contributed by atoms with E-state index in [1.165, 1.54) is 0 Å². The first-order valence-electron chi connectivity index (χ1n) is 5.19. The Kier molecular flexibility index (Phi) is 3.38. The zero-order chi connectivity index (χ0) is 11.2. The van der Waals surface area contributed by atoms with Crippen LogP contribution in [-0.2, 0) is 6.42 Å². The molecule has 3 nitrogen and oxygen atoms in total. The first-order chi connectivity index (χ1) is 7.90. The third-order valence-electron chi connectivity index (χ3n) is 2.28. The number of nitrogens with one attached hydrogen (secondary N) is 1. The lowest BCUT2D eigenvalue weighted by Crippen LogP contribution is -1.97. The summed E-state index contributed by atoms with van der Waals surface area (Å²) >= 11 is 0. The molecule has 0 fully saturated rings. The molecule has 0 bridgehead atoms. The normalized spacial score (nSPS) is 10.0. The monoisotopic (exact) mass is 214 g/mol. The molecular formula is C13H14N2O. The lowest BCUT2D eigenvalue weighted by atomic mass is 10.1. The van der Waals surface area contributed by atoms with Crippen molar-refractivity contribution in [3.8, 4) is 5.75 Å². The average Bonchev–Trinajstić information content (AvgIpc) is 2.81. The SMILES string of the molecule is C=CCOc1ccccc1Cc1cn[nH]c1. The van der Waals surface area contributed by atoms with Crippen LogP contribution in [-0.4, -0.2) is 16.8 Å². The van der Waals surface area contributed by atoms with Crippen LogP contribution >= 0.6 is 0 Å². The molecule has 82 valence electrons. The molecule has 2 aromatic rings. The van der Waals surface area contributed by atoms with Gasteiger partial charge in [0.2, 0.25) is 0 Å². The lowest BCUT2D eigenvalue weighted by molar-refractivity contribution is 0.360. The van der Waals surface area contributed by atoms with Crippen molar-refractivity contribution in [1.29, 1.82) is 0 Å². The van der Waals surface area contributed by atoms with E-state index in [9.17, 15) is 0 Å². The van der Waals surface area contributed by atoms with Crippen LogP contribution in [0.25, 0.3) is 0 Å². The second-order valence-electron chi connectivity index (χ2n) is 3.49. The summed E-state index contributed by atoms with van der Waals surface area (Å²) in [7, 11) is 0. The first-order valence-corrected chi connectivity index (χ1v) is 5.19. The van der Waals surface area contributed by atoms with Crippen LogP contribution in [0.15, 0.2) is 49.3 Å². The van der Waals surface area contributed by atoms with Crippen LogP contribution in [0.1, 0.15) is 11.1 Å². The van der Waals surface area contributed by atoms with E-state index in [-0.39, 0.29) is 0 Å². The van der Waals surface area contributed by atoms with Gasteiger partial charge in [0.25, 0.3) is 0 Å². The van der Waals surface area contributed by atoms with Crippen molar-refractivity contribution in [1.82, 2.24) is 10.2 Å². The molecule has 3 heteroatoms. The minimum atomic E-state index is 0.530. The summed E-state index contributed by atoms with van der Waals surface area (Å²) in [6.45, 7) is 4.17. The molecule has 16 heavy (non-hydrogen) atoms. The molecular weight excluding hydrogens is 200 g/mol. The van der Waals surface area contributed by atoms with Gasteiger partial charge in [0, 0.05) is 12.6 Å². The van der Waals surface area contributed by atoms with E-state index in [4.69, 9.17) is 4.74 Å². The zero-order valence-electron chi connectivity index (χ0n) is 9.02. The van der Waals surface area contributed by atoms with Gasteiger partial charge in [-0.3, -0.25) is 5.10 Å². The Balaban J connectivity index is 2.16. The van der Waals surface area contributed by atoms with Gasteiger partial charge in [-0.25, -0.2) is 0 Å². The number of H-pyrrole nitrogens is 1. The molecule has 0 atom stereocenters. The Labute approximate surface area is 94.8 Å². The third kappa shape index (κ3) is 2.51. The smallest absolute Gasteiger partial charge is 0.123 e. The van der Waals surface area contributed by atoms with Gasteiger partial charge in [-0.15, -0.1) is 0 Å². The molecule has 1 aromatic heterocycles. The Morgan fingerprint density at radius 3 is 3.00 bits per heavy atom. The van der Waals surface area contributed by atoms with Gasteiger partial charge in [0.05, 0.1) is 6.20 Å². The fraction of sp³-hybridized carbons (Fsp3) is 0.154. The van der Waals surface area contributed by atoms with Crippen LogP contribution in [0.3, 0.4) is 0 Å². The Bertz CT molecular complexity index is 449. The maximum atomic E-state index is 5.59. The number of benzene rings is 1. The molecule has 0 aliphatic carbocycles. The summed E-state index contributed by atoms with van der Waals surface area (Å²) in [5.74, 6) is 0.906. The molecule has 0 aliphatic heterocycles. The predicted molar refractivity (Wildman–Crippen MR) is 63.5 cm³/mol. The van der Waals surface area contributed by atoms with Crippen LogP contribution in [0.4, 0.5) is 0 Å².